The van der Waals surface area contributed by atoms with E-state index in [4.69, 9.17) is 9.47 Å². The molecule has 0 amide bonds. The molecule has 112 valence electrons. The summed E-state index contributed by atoms with van der Waals surface area (Å²) in [5.74, 6) is 0. The molecule has 4 heteroatoms. The van der Waals surface area contributed by atoms with Crippen molar-refractivity contribution in [1.82, 2.24) is 0 Å². The molecule has 0 atom stereocenters. The number of hydrogen-bond acceptors (Lipinski definition) is 3. The summed E-state index contributed by atoms with van der Waals surface area (Å²) < 4.78 is 9.90. The molecule has 19 heavy (non-hydrogen) atoms. The van der Waals surface area contributed by atoms with Crippen molar-refractivity contribution >= 4 is 22.1 Å². The number of hydrogen-bond donors (Lipinski definition) is 0. The van der Waals surface area contributed by atoms with Crippen molar-refractivity contribution < 1.29 is 14.3 Å². The fourth-order valence-corrected chi connectivity index (χ4v) is 1.93. The van der Waals surface area contributed by atoms with Gasteiger partial charge in [0.05, 0.1) is 13.2 Å². The van der Waals surface area contributed by atoms with Gasteiger partial charge in [0, 0.05) is 5.33 Å². The third-order valence-electron chi connectivity index (χ3n) is 2.64. The topological polar surface area (TPSA) is 35.5 Å². The van der Waals surface area contributed by atoms with E-state index in [9.17, 15) is 4.79 Å². The molecule has 0 saturated heterocycles. The van der Waals surface area contributed by atoms with Crippen molar-refractivity contribution in [3.8, 4) is 0 Å². The predicted octanol–water partition coefficient (Wildman–Crippen LogP) is 5.23. The van der Waals surface area contributed by atoms with Gasteiger partial charge in [0.2, 0.25) is 0 Å². The number of rotatable bonds is 12. The Hall–Kier alpha value is -0.510. The molecule has 0 unspecified atom stereocenters. The molecule has 0 aliphatic heterocycles. The van der Waals surface area contributed by atoms with Crippen molar-refractivity contribution in [3.63, 3.8) is 0 Å². The fourth-order valence-electron chi connectivity index (χ4n) is 1.53. The molecule has 0 spiro atoms. The molecule has 0 aromatic rings. The SMILES string of the molecule is CCCCCC=CCCOC(=O)OCCCCCBr. The Morgan fingerprint density at radius 1 is 0.947 bits per heavy atom. The minimum absolute atomic E-state index is 0.407. The highest BCUT2D eigenvalue weighted by molar-refractivity contribution is 9.09. The molecule has 0 aromatic heterocycles. The van der Waals surface area contributed by atoms with Crippen LogP contribution in [0, 0.1) is 0 Å². The minimum atomic E-state index is -0.543. The number of alkyl halides is 1. The largest absolute Gasteiger partial charge is 0.508 e. The summed E-state index contributed by atoms with van der Waals surface area (Å²) in [6.07, 6.45) is 12.4. The number of carbonyl (C=O) groups is 1. The van der Waals surface area contributed by atoms with E-state index in [0.717, 1.165) is 37.4 Å². The molecule has 0 radical (unpaired) electrons. The van der Waals surface area contributed by atoms with E-state index in [1.807, 2.05) is 0 Å². The maximum Gasteiger partial charge on any atom is 0.508 e. The summed E-state index contributed by atoms with van der Waals surface area (Å²) in [5.41, 5.74) is 0. The van der Waals surface area contributed by atoms with Gasteiger partial charge in [-0.3, -0.25) is 0 Å². The lowest BCUT2D eigenvalue weighted by molar-refractivity contribution is 0.0554. The van der Waals surface area contributed by atoms with Crippen LogP contribution in [0.3, 0.4) is 0 Å². The molecular weight excluding hydrogens is 308 g/mol. The molecular formula is C15H27BrO3. The second-order valence-electron chi connectivity index (χ2n) is 4.45. The molecule has 0 aromatic carbocycles. The second kappa shape index (κ2) is 15.5. The van der Waals surface area contributed by atoms with Crippen LogP contribution in [0.1, 0.15) is 58.3 Å². The number of ether oxygens (including phenoxy) is 2. The molecule has 0 aliphatic carbocycles. The first-order chi connectivity index (χ1) is 9.31. The summed E-state index contributed by atoms with van der Waals surface area (Å²) in [5, 5.41) is 1.00. The third kappa shape index (κ3) is 15.4. The normalized spacial score (nSPS) is 10.8. The summed E-state index contributed by atoms with van der Waals surface area (Å²) >= 11 is 3.36. The van der Waals surface area contributed by atoms with Crippen LogP contribution in [-0.4, -0.2) is 24.7 Å². The quantitative estimate of drug-likeness (QED) is 0.212. The lowest BCUT2D eigenvalue weighted by atomic mass is 10.2. The smallest absolute Gasteiger partial charge is 0.434 e. The van der Waals surface area contributed by atoms with Gasteiger partial charge in [-0.25, -0.2) is 4.79 Å². The lowest BCUT2D eigenvalue weighted by Gasteiger charge is -2.04. The molecule has 0 aliphatic rings. The van der Waals surface area contributed by atoms with Gasteiger partial charge in [-0.1, -0.05) is 47.8 Å². The molecule has 0 bridgehead atoms. The average Bonchev–Trinajstić information content (AvgIpc) is 2.41. The van der Waals surface area contributed by atoms with Crippen LogP contribution in [0.25, 0.3) is 0 Å². The first-order valence-corrected chi connectivity index (χ1v) is 8.44. The van der Waals surface area contributed by atoms with Gasteiger partial charge in [-0.2, -0.15) is 0 Å². The van der Waals surface area contributed by atoms with Gasteiger partial charge in [0.25, 0.3) is 0 Å². The van der Waals surface area contributed by atoms with Crippen molar-refractivity contribution in [2.45, 2.75) is 58.3 Å². The Balaban J connectivity index is 3.24. The van der Waals surface area contributed by atoms with Crippen LogP contribution in [0.5, 0.6) is 0 Å². The molecule has 0 rings (SSSR count). The number of halogens is 1. The Kier molecular flexibility index (Phi) is 15.1. The van der Waals surface area contributed by atoms with E-state index in [1.165, 1.54) is 19.3 Å². The Labute approximate surface area is 125 Å². The van der Waals surface area contributed by atoms with Gasteiger partial charge in [0.15, 0.2) is 0 Å². The monoisotopic (exact) mass is 334 g/mol. The summed E-state index contributed by atoms with van der Waals surface area (Å²) in [6.45, 7) is 3.06. The number of allylic oxidation sites excluding steroid dienone is 1. The van der Waals surface area contributed by atoms with Gasteiger partial charge in [-0.15, -0.1) is 0 Å². The van der Waals surface area contributed by atoms with Gasteiger partial charge in [0.1, 0.15) is 0 Å². The van der Waals surface area contributed by atoms with Crippen molar-refractivity contribution in [2.24, 2.45) is 0 Å². The molecule has 0 heterocycles. The second-order valence-corrected chi connectivity index (χ2v) is 5.25. The summed E-state index contributed by atoms with van der Waals surface area (Å²) in [7, 11) is 0. The highest BCUT2D eigenvalue weighted by atomic mass is 79.9. The van der Waals surface area contributed by atoms with Crippen LogP contribution in [0.4, 0.5) is 4.79 Å². The highest BCUT2D eigenvalue weighted by Gasteiger charge is 2.01. The predicted molar refractivity (Wildman–Crippen MR) is 82.8 cm³/mol. The van der Waals surface area contributed by atoms with Crippen molar-refractivity contribution in [3.05, 3.63) is 12.2 Å². The molecule has 0 fully saturated rings. The van der Waals surface area contributed by atoms with E-state index in [1.54, 1.807) is 0 Å². The standard InChI is InChI=1S/C15H27BrO3/c1-2-3-4-5-6-7-10-13-18-15(17)19-14-11-8-9-12-16/h6-7H,2-5,8-14H2,1H3. The van der Waals surface area contributed by atoms with Crippen LogP contribution in [-0.2, 0) is 9.47 Å². The Morgan fingerprint density at radius 3 is 2.42 bits per heavy atom. The maximum absolute atomic E-state index is 11.2. The first-order valence-electron chi connectivity index (χ1n) is 7.31. The zero-order valence-electron chi connectivity index (χ0n) is 12.0. The van der Waals surface area contributed by atoms with E-state index in [2.05, 4.69) is 35.0 Å². The Bertz CT molecular complexity index is 229. The van der Waals surface area contributed by atoms with Gasteiger partial charge >= 0.3 is 6.16 Å². The highest BCUT2D eigenvalue weighted by Crippen LogP contribution is 2.01. The zero-order valence-corrected chi connectivity index (χ0v) is 13.6. The van der Waals surface area contributed by atoms with E-state index < -0.39 is 6.16 Å². The van der Waals surface area contributed by atoms with Crippen LogP contribution in [0.2, 0.25) is 0 Å². The third-order valence-corrected chi connectivity index (χ3v) is 3.20. The summed E-state index contributed by atoms with van der Waals surface area (Å²) in [6, 6.07) is 0. The van der Waals surface area contributed by atoms with Crippen molar-refractivity contribution in [2.75, 3.05) is 18.5 Å². The zero-order chi connectivity index (χ0) is 14.2. The van der Waals surface area contributed by atoms with Crippen LogP contribution >= 0.6 is 15.9 Å². The average molecular weight is 335 g/mol. The summed E-state index contributed by atoms with van der Waals surface area (Å²) in [4.78, 5) is 11.2. The number of carbonyl (C=O) groups excluding carboxylic acids is 1. The van der Waals surface area contributed by atoms with E-state index >= 15 is 0 Å². The maximum atomic E-state index is 11.2. The fraction of sp³-hybridized carbons (Fsp3) is 0.800. The molecule has 3 nitrogen and oxygen atoms in total. The van der Waals surface area contributed by atoms with Crippen LogP contribution in [0.15, 0.2) is 12.2 Å². The molecule has 0 saturated carbocycles. The van der Waals surface area contributed by atoms with Crippen LogP contribution < -0.4 is 0 Å². The lowest BCUT2D eigenvalue weighted by Crippen LogP contribution is -2.09. The van der Waals surface area contributed by atoms with Crippen molar-refractivity contribution in [1.29, 1.82) is 0 Å². The van der Waals surface area contributed by atoms with E-state index in [-0.39, 0.29) is 0 Å². The van der Waals surface area contributed by atoms with Gasteiger partial charge < -0.3 is 9.47 Å². The first kappa shape index (κ1) is 18.5. The Morgan fingerprint density at radius 2 is 1.68 bits per heavy atom. The minimum Gasteiger partial charge on any atom is -0.434 e. The van der Waals surface area contributed by atoms with Gasteiger partial charge in [-0.05, 0) is 38.5 Å². The van der Waals surface area contributed by atoms with E-state index in [0.29, 0.717) is 13.2 Å². The molecule has 0 N–H and O–H groups in total. The number of unbranched alkanes of at least 4 members (excludes halogenated alkanes) is 5.